The quantitative estimate of drug-likeness (QED) is 0.629. The highest BCUT2D eigenvalue weighted by Crippen LogP contribution is 2.39. The fourth-order valence-electron chi connectivity index (χ4n) is 2.94. The number of hydrogen-bond acceptors (Lipinski definition) is 4. The van der Waals surface area contributed by atoms with Crippen LogP contribution in [0.1, 0.15) is 43.9 Å². The average molecular weight is 397 g/mol. The summed E-state index contributed by atoms with van der Waals surface area (Å²) < 4.78 is 50.1. The Labute approximate surface area is 161 Å². The molecule has 3 rings (SSSR count). The molecule has 0 bridgehead atoms. The van der Waals surface area contributed by atoms with Crippen molar-refractivity contribution in [3.8, 4) is 5.88 Å². The fourth-order valence-corrected chi connectivity index (χ4v) is 4.16. The molecule has 1 fully saturated rings. The van der Waals surface area contributed by atoms with Gasteiger partial charge in [-0.05, 0) is 56.5 Å². The predicted molar refractivity (Wildman–Crippen MR) is 99.0 cm³/mol. The molecule has 2 unspecified atom stereocenters. The van der Waals surface area contributed by atoms with E-state index in [4.69, 9.17) is 9.47 Å². The summed E-state index contributed by atoms with van der Waals surface area (Å²) >= 11 is 1.48. The Bertz CT molecular complexity index is 750. The number of alkyl halides is 3. The number of nitrogens with zero attached hydrogens (tertiary/aromatic N) is 1. The van der Waals surface area contributed by atoms with E-state index in [0.29, 0.717) is 17.4 Å². The monoisotopic (exact) mass is 397 g/mol. The lowest BCUT2D eigenvalue weighted by molar-refractivity contribution is -0.137. The van der Waals surface area contributed by atoms with Crippen molar-refractivity contribution in [3.05, 3.63) is 53.7 Å². The van der Waals surface area contributed by atoms with E-state index in [2.05, 4.69) is 4.98 Å². The van der Waals surface area contributed by atoms with Crippen molar-refractivity contribution in [2.75, 3.05) is 6.61 Å². The van der Waals surface area contributed by atoms with Crippen LogP contribution in [0.5, 0.6) is 5.88 Å². The molecular weight excluding hydrogens is 375 g/mol. The van der Waals surface area contributed by atoms with Gasteiger partial charge in [-0.15, -0.1) is 11.8 Å². The zero-order valence-corrected chi connectivity index (χ0v) is 16.0. The summed E-state index contributed by atoms with van der Waals surface area (Å²) in [6, 6.07) is 9.26. The molecule has 0 aliphatic carbocycles. The highest BCUT2D eigenvalue weighted by Gasteiger charge is 2.31. The van der Waals surface area contributed by atoms with Gasteiger partial charge in [-0.2, -0.15) is 13.2 Å². The van der Waals surface area contributed by atoms with E-state index in [1.807, 2.05) is 26.0 Å². The van der Waals surface area contributed by atoms with Crippen LogP contribution in [-0.4, -0.2) is 22.9 Å². The molecule has 1 aromatic heterocycles. The third-order valence-electron chi connectivity index (χ3n) is 4.19. The number of ether oxygens (including phenoxy) is 2. The number of aromatic nitrogens is 1. The van der Waals surface area contributed by atoms with Crippen LogP contribution < -0.4 is 4.74 Å². The van der Waals surface area contributed by atoms with Crippen molar-refractivity contribution >= 4 is 11.8 Å². The highest BCUT2D eigenvalue weighted by atomic mass is 32.2. The van der Waals surface area contributed by atoms with Gasteiger partial charge in [0.15, 0.2) is 0 Å². The lowest BCUT2D eigenvalue weighted by Gasteiger charge is -2.29. The lowest BCUT2D eigenvalue weighted by Crippen LogP contribution is -2.21. The topological polar surface area (TPSA) is 31.4 Å². The first kappa shape index (κ1) is 20.0. The second-order valence-electron chi connectivity index (χ2n) is 6.75. The minimum absolute atomic E-state index is 0.0579. The first-order chi connectivity index (χ1) is 12.8. The number of pyridine rings is 1. The molecule has 2 aromatic rings. The van der Waals surface area contributed by atoms with Gasteiger partial charge in [-0.3, -0.25) is 0 Å². The summed E-state index contributed by atoms with van der Waals surface area (Å²) in [6.07, 6.45) is -1.09. The fraction of sp³-hybridized carbons (Fsp3) is 0.450. The van der Waals surface area contributed by atoms with Crippen molar-refractivity contribution in [2.24, 2.45) is 0 Å². The third-order valence-corrected chi connectivity index (χ3v) is 5.47. The Morgan fingerprint density at radius 2 is 2.04 bits per heavy atom. The molecule has 2 heterocycles. The average Bonchev–Trinajstić information content (AvgIpc) is 2.62. The van der Waals surface area contributed by atoms with E-state index < -0.39 is 11.7 Å². The maximum absolute atomic E-state index is 12.9. The van der Waals surface area contributed by atoms with Gasteiger partial charge in [0.05, 0.1) is 17.8 Å². The molecular formula is C20H22F3NO2S. The van der Waals surface area contributed by atoms with Crippen LogP contribution in [0.2, 0.25) is 0 Å². The third kappa shape index (κ3) is 5.62. The maximum atomic E-state index is 12.9. The zero-order valence-electron chi connectivity index (χ0n) is 15.2. The summed E-state index contributed by atoms with van der Waals surface area (Å²) in [5.74, 6) is 0.569. The van der Waals surface area contributed by atoms with Crippen LogP contribution in [-0.2, 0) is 10.9 Å². The SMILES string of the molecule is CC(C)Oc1ccc(C2CC(Sc3cccc(C(F)(F)F)c3)CCO2)cn1. The number of halogens is 3. The first-order valence-corrected chi connectivity index (χ1v) is 9.77. The molecule has 2 atom stereocenters. The lowest BCUT2D eigenvalue weighted by atomic mass is 10.0. The van der Waals surface area contributed by atoms with E-state index >= 15 is 0 Å². The van der Waals surface area contributed by atoms with Crippen molar-refractivity contribution in [3.63, 3.8) is 0 Å². The predicted octanol–water partition coefficient (Wildman–Crippen LogP) is 5.90. The second kappa shape index (κ2) is 8.52. The van der Waals surface area contributed by atoms with Crippen LogP contribution >= 0.6 is 11.8 Å². The van der Waals surface area contributed by atoms with Crippen LogP contribution in [0, 0.1) is 0 Å². The van der Waals surface area contributed by atoms with Crippen molar-refractivity contribution in [1.82, 2.24) is 4.98 Å². The number of benzene rings is 1. The molecule has 3 nitrogen and oxygen atoms in total. The molecule has 0 radical (unpaired) electrons. The van der Waals surface area contributed by atoms with E-state index in [9.17, 15) is 13.2 Å². The molecule has 0 N–H and O–H groups in total. The summed E-state index contributed by atoms with van der Waals surface area (Å²) in [4.78, 5) is 4.94. The van der Waals surface area contributed by atoms with E-state index in [0.717, 1.165) is 24.5 Å². The Balaban J connectivity index is 1.64. The van der Waals surface area contributed by atoms with Gasteiger partial charge in [0.1, 0.15) is 0 Å². The highest BCUT2D eigenvalue weighted by molar-refractivity contribution is 8.00. The maximum Gasteiger partial charge on any atom is 0.416 e. The molecule has 1 aliphatic rings. The summed E-state index contributed by atoms with van der Waals surface area (Å²) in [6.45, 7) is 4.45. The molecule has 146 valence electrons. The Morgan fingerprint density at radius 1 is 1.22 bits per heavy atom. The normalized spacial score (nSPS) is 20.7. The van der Waals surface area contributed by atoms with E-state index in [1.54, 1.807) is 12.3 Å². The van der Waals surface area contributed by atoms with Crippen LogP contribution in [0.3, 0.4) is 0 Å². The number of hydrogen-bond donors (Lipinski definition) is 0. The van der Waals surface area contributed by atoms with Gasteiger partial charge in [-0.25, -0.2) is 4.98 Å². The first-order valence-electron chi connectivity index (χ1n) is 8.89. The number of rotatable bonds is 5. The van der Waals surface area contributed by atoms with Gasteiger partial charge in [0.25, 0.3) is 0 Å². The smallest absolute Gasteiger partial charge is 0.416 e. The van der Waals surface area contributed by atoms with Gasteiger partial charge in [-0.1, -0.05) is 6.07 Å². The van der Waals surface area contributed by atoms with E-state index in [-0.39, 0.29) is 17.5 Å². The molecule has 1 saturated heterocycles. The Hall–Kier alpha value is -1.73. The van der Waals surface area contributed by atoms with Crippen LogP contribution in [0.25, 0.3) is 0 Å². The van der Waals surface area contributed by atoms with Gasteiger partial charge in [0.2, 0.25) is 5.88 Å². The minimum Gasteiger partial charge on any atom is -0.475 e. The minimum atomic E-state index is -4.32. The molecule has 27 heavy (non-hydrogen) atoms. The Morgan fingerprint density at radius 3 is 2.70 bits per heavy atom. The largest absolute Gasteiger partial charge is 0.475 e. The van der Waals surface area contributed by atoms with Crippen LogP contribution in [0.4, 0.5) is 13.2 Å². The van der Waals surface area contributed by atoms with Gasteiger partial charge in [0, 0.05) is 29.0 Å². The molecule has 1 aromatic carbocycles. The van der Waals surface area contributed by atoms with Gasteiger partial charge < -0.3 is 9.47 Å². The standard InChI is InChI=1S/C20H22F3NO2S/c1-13(2)26-19-7-6-14(12-24-19)18-11-17(8-9-25-18)27-16-5-3-4-15(10-16)20(21,22)23/h3-7,10,12-13,17-18H,8-9,11H2,1-2H3. The van der Waals surface area contributed by atoms with Crippen molar-refractivity contribution in [2.45, 2.75) is 55.2 Å². The molecule has 1 aliphatic heterocycles. The zero-order chi connectivity index (χ0) is 19.4. The van der Waals surface area contributed by atoms with E-state index in [1.165, 1.54) is 23.9 Å². The molecule has 0 spiro atoms. The van der Waals surface area contributed by atoms with Crippen LogP contribution in [0.15, 0.2) is 47.5 Å². The molecule has 0 saturated carbocycles. The van der Waals surface area contributed by atoms with Crippen molar-refractivity contribution < 1.29 is 22.6 Å². The molecule has 0 amide bonds. The van der Waals surface area contributed by atoms with Gasteiger partial charge >= 0.3 is 6.18 Å². The molecule has 7 heteroatoms. The second-order valence-corrected chi connectivity index (χ2v) is 8.12. The summed E-state index contributed by atoms with van der Waals surface area (Å²) in [7, 11) is 0. The van der Waals surface area contributed by atoms with Crippen molar-refractivity contribution in [1.29, 1.82) is 0 Å². The summed E-state index contributed by atoms with van der Waals surface area (Å²) in [5, 5.41) is 0.193. The summed E-state index contributed by atoms with van der Waals surface area (Å²) in [5.41, 5.74) is 0.349. The Kier molecular flexibility index (Phi) is 6.32. The number of thioether (sulfide) groups is 1.